The maximum absolute atomic E-state index is 5.46. The molecule has 0 aliphatic rings. The van der Waals surface area contributed by atoms with Crippen LogP contribution in [0.4, 0.5) is 0 Å². The minimum atomic E-state index is 0.286. The van der Waals surface area contributed by atoms with Gasteiger partial charge in [-0.05, 0) is 46.8 Å². The van der Waals surface area contributed by atoms with Crippen molar-refractivity contribution >= 4 is 15.9 Å². The molecule has 0 aliphatic heterocycles. The molecule has 0 saturated carbocycles. The minimum absolute atomic E-state index is 0.286. The fourth-order valence-electron chi connectivity index (χ4n) is 1.94. The molecule has 1 unspecified atom stereocenters. The Morgan fingerprint density at radius 1 is 1.41 bits per heavy atom. The molecule has 1 aromatic rings. The normalized spacial score (nSPS) is 13.9. The van der Waals surface area contributed by atoms with Crippen molar-refractivity contribution in [2.45, 2.75) is 53.0 Å². The number of halogens is 1. The van der Waals surface area contributed by atoms with Gasteiger partial charge < -0.3 is 9.73 Å². The highest BCUT2D eigenvalue weighted by Gasteiger charge is 2.24. The summed E-state index contributed by atoms with van der Waals surface area (Å²) in [5.74, 6) is 1.05. The lowest BCUT2D eigenvalue weighted by Gasteiger charge is -2.31. The summed E-state index contributed by atoms with van der Waals surface area (Å²) in [6.07, 6.45) is 5.00. The van der Waals surface area contributed by atoms with Crippen molar-refractivity contribution in [1.29, 1.82) is 0 Å². The van der Waals surface area contributed by atoms with Gasteiger partial charge in [-0.2, -0.15) is 0 Å². The van der Waals surface area contributed by atoms with E-state index in [0.717, 1.165) is 29.6 Å². The molecule has 1 aromatic heterocycles. The Bertz CT molecular complexity index is 327. The van der Waals surface area contributed by atoms with Crippen molar-refractivity contribution < 1.29 is 4.42 Å². The van der Waals surface area contributed by atoms with Crippen LogP contribution in [-0.2, 0) is 6.42 Å². The monoisotopic (exact) mass is 301 g/mol. The first-order chi connectivity index (χ1) is 7.95. The maximum Gasteiger partial charge on any atom is 0.117 e. The summed E-state index contributed by atoms with van der Waals surface area (Å²) >= 11 is 3.51. The van der Waals surface area contributed by atoms with Crippen molar-refractivity contribution in [2.75, 3.05) is 6.54 Å². The Morgan fingerprint density at radius 3 is 2.59 bits per heavy atom. The SMILES string of the molecule is CCCNC(CCc1occc1Br)C(C)(C)C. The summed E-state index contributed by atoms with van der Waals surface area (Å²) in [5.41, 5.74) is 0.286. The number of hydrogen-bond acceptors (Lipinski definition) is 2. The Labute approximate surface area is 113 Å². The molecule has 0 fully saturated rings. The quantitative estimate of drug-likeness (QED) is 0.843. The zero-order chi connectivity index (χ0) is 12.9. The number of aryl methyl sites for hydroxylation is 1. The zero-order valence-corrected chi connectivity index (χ0v) is 12.9. The number of hydrogen-bond donors (Lipinski definition) is 1. The first-order valence-corrected chi connectivity index (χ1v) is 7.19. The minimum Gasteiger partial charge on any atom is -0.468 e. The summed E-state index contributed by atoms with van der Waals surface area (Å²) in [6.45, 7) is 10.2. The van der Waals surface area contributed by atoms with E-state index in [1.165, 1.54) is 6.42 Å². The molecule has 2 nitrogen and oxygen atoms in total. The highest BCUT2D eigenvalue weighted by atomic mass is 79.9. The fraction of sp³-hybridized carbons (Fsp3) is 0.714. The van der Waals surface area contributed by atoms with Gasteiger partial charge >= 0.3 is 0 Å². The Kier molecular flexibility index (Phi) is 5.74. The average Bonchev–Trinajstić information content (AvgIpc) is 2.62. The smallest absolute Gasteiger partial charge is 0.117 e. The van der Waals surface area contributed by atoms with Gasteiger partial charge in [0.2, 0.25) is 0 Å². The molecular formula is C14H24BrNO. The molecule has 1 atom stereocenters. The van der Waals surface area contributed by atoms with Crippen LogP contribution in [-0.4, -0.2) is 12.6 Å². The van der Waals surface area contributed by atoms with Gasteiger partial charge in [0.1, 0.15) is 5.76 Å². The first kappa shape index (κ1) is 14.8. The molecular weight excluding hydrogens is 278 g/mol. The molecule has 0 radical (unpaired) electrons. The molecule has 0 bridgehead atoms. The number of nitrogens with one attached hydrogen (secondary N) is 1. The largest absolute Gasteiger partial charge is 0.468 e. The van der Waals surface area contributed by atoms with Crippen molar-refractivity contribution in [3.8, 4) is 0 Å². The molecule has 98 valence electrons. The van der Waals surface area contributed by atoms with Crippen LogP contribution in [0.25, 0.3) is 0 Å². The molecule has 3 heteroatoms. The van der Waals surface area contributed by atoms with Gasteiger partial charge in [-0.3, -0.25) is 0 Å². The van der Waals surface area contributed by atoms with Crippen LogP contribution in [0.2, 0.25) is 0 Å². The second-order valence-electron chi connectivity index (χ2n) is 5.60. The van der Waals surface area contributed by atoms with E-state index in [4.69, 9.17) is 4.42 Å². The van der Waals surface area contributed by atoms with Crippen LogP contribution in [0.3, 0.4) is 0 Å². The van der Waals surface area contributed by atoms with Crippen molar-refractivity contribution in [3.05, 3.63) is 22.6 Å². The third-order valence-corrected chi connectivity index (χ3v) is 3.74. The molecule has 17 heavy (non-hydrogen) atoms. The fourth-order valence-corrected chi connectivity index (χ4v) is 2.34. The molecule has 0 saturated heterocycles. The molecule has 1 heterocycles. The summed E-state index contributed by atoms with van der Waals surface area (Å²) in [5, 5.41) is 3.63. The van der Waals surface area contributed by atoms with Crippen molar-refractivity contribution in [2.24, 2.45) is 5.41 Å². The third-order valence-electron chi connectivity index (χ3n) is 3.04. The highest BCUT2D eigenvalue weighted by Crippen LogP contribution is 2.25. The Balaban J connectivity index is 2.52. The van der Waals surface area contributed by atoms with E-state index in [2.05, 4.69) is 48.9 Å². The maximum atomic E-state index is 5.46. The predicted molar refractivity (Wildman–Crippen MR) is 76.3 cm³/mol. The Morgan fingerprint density at radius 2 is 2.12 bits per heavy atom. The molecule has 0 spiro atoms. The summed E-state index contributed by atoms with van der Waals surface area (Å²) in [4.78, 5) is 0. The van der Waals surface area contributed by atoms with Gasteiger partial charge in [0, 0.05) is 12.5 Å². The van der Waals surface area contributed by atoms with Gasteiger partial charge in [0.05, 0.1) is 10.7 Å². The second kappa shape index (κ2) is 6.60. The van der Waals surface area contributed by atoms with Crippen LogP contribution >= 0.6 is 15.9 Å². The van der Waals surface area contributed by atoms with Gasteiger partial charge in [-0.1, -0.05) is 27.7 Å². The predicted octanol–water partition coefficient (Wildman–Crippen LogP) is 4.39. The standard InChI is InChI=1S/C14H24BrNO/c1-5-9-16-13(14(2,3)4)7-6-12-11(15)8-10-17-12/h8,10,13,16H,5-7,9H2,1-4H3. The number of rotatable bonds is 6. The lowest BCUT2D eigenvalue weighted by molar-refractivity contribution is 0.251. The van der Waals surface area contributed by atoms with Crippen LogP contribution in [0.1, 0.15) is 46.3 Å². The lowest BCUT2D eigenvalue weighted by Crippen LogP contribution is -2.41. The molecule has 1 rings (SSSR count). The summed E-state index contributed by atoms with van der Waals surface area (Å²) < 4.78 is 6.54. The van der Waals surface area contributed by atoms with E-state index in [0.29, 0.717) is 6.04 Å². The van der Waals surface area contributed by atoms with Crippen molar-refractivity contribution in [3.63, 3.8) is 0 Å². The molecule has 1 N–H and O–H groups in total. The highest BCUT2D eigenvalue weighted by molar-refractivity contribution is 9.10. The Hall–Kier alpha value is -0.280. The lowest BCUT2D eigenvalue weighted by atomic mass is 9.83. The zero-order valence-electron chi connectivity index (χ0n) is 11.3. The van der Waals surface area contributed by atoms with Crippen molar-refractivity contribution in [1.82, 2.24) is 5.32 Å². The third kappa shape index (κ3) is 4.84. The van der Waals surface area contributed by atoms with Gasteiger partial charge in [-0.25, -0.2) is 0 Å². The first-order valence-electron chi connectivity index (χ1n) is 6.40. The van der Waals surface area contributed by atoms with E-state index in [1.807, 2.05) is 6.07 Å². The van der Waals surface area contributed by atoms with E-state index in [1.54, 1.807) is 6.26 Å². The van der Waals surface area contributed by atoms with Gasteiger partial charge in [-0.15, -0.1) is 0 Å². The van der Waals surface area contributed by atoms with Crippen LogP contribution < -0.4 is 5.32 Å². The van der Waals surface area contributed by atoms with E-state index < -0.39 is 0 Å². The van der Waals surface area contributed by atoms with Crippen LogP contribution in [0.5, 0.6) is 0 Å². The summed E-state index contributed by atoms with van der Waals surface area (Å²) in [6, 6.07) is 2.49. The van der Waals surface area contributed by atoms with E-state index in [9.17, 15) is 0 Å². The topological polar surface area (TPSA) is 25.2 Å². The van der Waals surface area contributed by atoms with E-state index >= 15 is 0 Å². The van der Waals surface area contributed by atoms with Crippen LogP contribution in [0, 0.1) is 5.41 Å². The molecule has 0 aromatic carbocycles. The molecule has 0 amide bonds. The second-order valence-corrected chi connectivity index (χ2v) is 6.46. The average molecular weight is 302 g/mol. The van der Waals surface area contributed by atoms with Gasteiger partial charge in [0.25, 0.3) is 0 Å². The number of furan rings is 1. The van der Waals surface area contributed by atoms with Gasteiger partial charge in [0.15, 0.2) is 0 Å². The molecule has 0 aliphatic carbocycles. The summed E-state index contributed by atoms with van der Waals surface area (Å²) in [7, 11) is 0. The van der Waals surface area contributed by atoms with Crippen LogP contribution in [0.15, 0.2) is 21.2 Å². The van der Waals surface area contributed by atoms with E-state index in [-0.39, 0.29) is 5.41 Å².